The van der Waals surface area contributed by atoms with Crippen molar-refractivity contribution in [3.8, 4) is 0 Å². The van der Waals surface area contributed by atoms with Crippen molar-refractivity contribution in [2.24, 2.45) is 0 Å². The minimum atomic E-state index is -2.29. The Morgan fingerprint density at radius 2 is 1.61 bits per heavy atom. The third-order valence-electron chi connectivity index (χ3n) is 4.82. The number of aliphatic carboxylic acids is 1. The number of hydrogen-bond acceptors (Lipinski definition) is 4. The lowest BCUT2D eigenvalue weighted by molar-refractivity contribution is -0.139. The monoisotopic (exact) mass is 478 g/mol. The summed E-state index contributed by atoms with van der Waals surface area (Å²) in [5.74, 6) is -4.00. The maximum atomic E-state index is 14.6. The molecule has 0 aliphatic heterocycles. The van der Waals surface area contributed by atoms with Crippen LogP contribution in [-0.4, -0.2) is 38.1 Å². The normalized spacial score (nSPS) is 12.2. The first-order chi connectivity index (χ1) is 15.4. The molecule has 0 aliphatic carbocycles. The summed E-state index contributed by atoms with van der Waals surface area (Å²) in [6.07, 6.45) is -0.726. The molecule has 2 amide bonds. The van der Waals surface area contributed by atoms with Crippen LogP contribution in [0.1, 0.15) is 30.0 Å². The Labute approximate surface area is 192 Å². The SMILES string of the molecule is COCc1ccc([C@@H](NC(=O)CCC(=O)O)C(=O)Nc2cc(F)c([Si](C)(C)C)c(F)c2)cc1. The van der Waals surface area contributed by atoms with Gasteiger partial charge in [0.25, 0.3) is 5.91 Å². The van der Waals surface area contributed by atoms with Gasteiger partial charge in [-0.25, -0.2) is 8.78 Å². The fraction of sp³-hybridized carbons (Fsp3) is 0.348. The lowest BCUT2D eigenvalue weighted by Gasteiger charge is -2.21. The summed E-state index contributed by atoms with van der Waals surface area (Å²) in [5.41, 5.74) is 1.16. The summed E-state index contributed by atoms with van der Waals surface area (Å²) in [5, 5.41) is 13.8. The van der Waals surface area contributed by atoms with Crippen molar-refractivity contribution in [1.29, 1.82) is 0 Å². The molecule has 0 radical (unpaired) electrons. The first-order valence-electron chi connectivity index (χ1n) is 10.3. The van der Waals surface area contributed by atoms with Gasteiger partial charge in [-0.2, -0.15) is 0 Å². The number of anilines is 1. The van der Waals surface area contributed by atoms with Crippen LogP contribution in [-0.2, 0) is 25.7 Å². The molecular weight excluding hydrogens is 450 g/mol. The van der Waals surface area contributed by atoms with Crippen molar-refractivity contribution < 1.29 is 33.0 Å². The first-order valence-corrected chi connectivity index (χ1v) is 13.8. The minimum Gasteiger partial charge on any atom is -0.481 e. The van der Waals surface area contributed by atoms with Crippen molar-refractivity contribution in [3.05, 3.63) is 59.2 Å². The molecule has 7 nitrogen and oxygen atoms in total. The molecule has 3 N–H and O–H groups in total. The van der Waals surface area contributed by atoms with Crippen molar-refractivity contribution in [2.45, 2.75) is 45.1 Å². The van der Waals surface area contributed by atoms with E-state index in [1.54, 1.807) is 31.4 Å². The lowest BCUT2D eigenvalue weighted by atomic mass is 10.0. The van der Waals surface area contributed by atoms with E-state index in [4.69, 9.17) is 9.84 Å². The summed E-state index contributed by atoms with van der Waals surface area (Å²) < 4.78 is 34.2. The zero-order valence-electron chi connectivity index (χ0n) is 19.0. The fourth-order valence-electron chi connectivity index (χ4n) is 3.30. The molecule has 0 fully saturated rings. The summed E-state index contributed by atoms with van der Waals surface area (Å²) in [4.78, 5) is 36.0. The van der Waals surface area contributed by atoms with Crippen LogP contribution >= 0.6 is 0 Å². The van der Waals surface area contributed by atoms with Gasteiger partial charge in [0.15, 0.2) is 0 Å². The zero-order valence-corrected chi connectivity index (χ0v) is 20.0. The number of halogens is 2. The van der Waals surface area contributed by atoms with Gasteiger partial charge in [0.05, 0.1) is 21.1 Å². The highest BCUT2D eigenvalue weighted by atomic mass is 28.3. The number of carboxylic acid groups (broad SMARTS) is 1. The second kappa shape index (κ2) is 11.1. The zero-order chi connectivity index (χ0) is 24.8. The van der Waals surface area contributed by atoms with E-state index in [0.717, 1.165) is 17.7 Å². The van der Waals surface area contributed by atoms with E-state index in [9.17, 15) is 23.2 Å². The predicted octanol–water partition coefficient (Wildman–Crippen LogP) is 3.32. The summed E-state index contributed by atoms with van der Waals surface area (Å²) in [7, 11) is -0.750. The van der Waals surface area contributed by atoms with E-state index in [2.05, 4.69) is 10.6 Å². The summed E-state index contributed by atoms with van der Waals surface area (Å²) in [6.45, 7) is 5.78. The van der Waals surface area contributed by atoms with Crippen molar-refractivity contribution in [1.82, 2.24) is 5.32 Å². The van der Waals surface area contributed by atoms with Crippen LogP contribution < -0.4 is 15.8 Å². The Bertz CT molecular complexity index is 999. The number of ether oxygens (including phenoxy) is 1. The average Bonchev–Trinajstić information content (AvgIpc) is 2.69. The van der Waals surface area contributed by atoms with Gasteiger partial charge in [-0.15, -0.1) is 0 Å². The van der Waals surface area contributed by atoms with Gasteiger partial charge in [-0.05, 0) is 23.3 Å². The first kappa shape index (κ1) is 26.1. The third kappa shape index (κ3) is 7.47. The van der Waals surface area contributed by atoms with Gasteiger partial charge in [0.1, 0.15) is 17.7 Å². The highest BCUT2D eigenvalue weighted by molar-refractivity contribution is 6.88. The molecule has 10 heteroatoms. The van der Waals surface area contributed by atoms with Crippen molar-refractivity contribution >= 4 is 36.7 Å². The highest BCUT2D eigenvalue weighted by Gasteiger charge is 2.27. The minimum absolute atomic E-state index is 0.0350. The summed E-state index contributed by atoms with van der Waals surface area (Å²) >= 11 is 0. The molecule has 0 saturated heterocycles. The van der Waals surface area contributed by atoms with Crippen molar-refractivity contribution in [3.63, 3.8) is 0 Å². The fourth-order valence-corrected chi connectivity index (χ4v) is 4.88. The van der Waals surface area contributed by atoms with Gasteiger partial charge in [-0.3, -0.25) is 14.4 Å². The van der Waals surface area contributed by atoms with Gasteiger partial charge in [0, 0.05) is 24.4 Å². The number of carbonyl (C=O) groups excluding carboxylic acids is 2. The molecule has 2 aromatic rings. The van der Waals surface area contributed by atoms with Crippen LogP contribution in [0.3, 0.4) is 0 Å². The molecule has 2 rings (SSSR count). The molecule has 0 saturated carbocycles. The molecule has 0 aliphatic rings. The van der Waals surface area contributed by atoms with E-state index < -0.39 is 50.0 Å². The van der Waals surface area contributed by atoms with Crippen molar-refractivity contribution in [2.75, 3.05) is 12.4 Å². The predicted molar refractivity (Wildman–Crippen MR) is 123 cm³/mol. The van der Waals surface area contributed by atoms with Gasteiger partial charge in [0.2, 0.25) is 5.91 Å². The molecule has 0 unspecified atom stereocenters. The molecule has 33 heavy (non-hydrogen) atoms. The van der Waals surface area contributed by atoms with Gasteiger partial charge < -0.3 is 20.5 Å². The standard InChI is InChI=1S/C23H28F2N2O5Si/c1-32-13-14-5-7-15(8-6-14)21(27-19(28)9-10-20(29)30)23(31)26-16-11-17(24)22(18(25)12-16)33(2,3)4/h5-8,11-12,21H,9-10,13H2,1-4H3,(H,26,31)(H,27,28)(H,29,30)/t21-/m1/s1. The van der Waals surface area contributed by atoms with E-state index in [-0.39, 0.29) is 17.3 Å². The third-order valence-corrected chi connectivity index (χ3v) is 6.79. The second-order valence-corrected chi connectivity index (χ2v) is 13.6. The Morgan fingerprint density at radius 1 is 1.03 bits per heavy atom. The van der Waals surface area contributed by atoms with Gasteiger partial charge >= 0.3 is 5.97 Å². The van der Waals surface area contributed by atoms with Crippen LogP contribution in [0.25, 0.3) is 0 Å². The molecule has 0 heterocycles. The molecule has 0 spiro atoms. The van der Waals surface area contributed by atoms with Crippen LogP contribution in [0, 0.1) is 11.6 Å². The van der Waals surface area contributed by atoms with Crippen LogP contribution in [0.4, 0.5) is 14.5 Å². The number of carboxylic acids is 1. The highest BCUT2D eigenvalue weighted by Crippen LogP contribution is 2.20. The van der Waals surface area contributed by atoms with Crippen LogP contribution in [0.2, 0.25) is 19.6 Å². The average molecular weight is 479 g/mol. The van der Waals surface area contributed by atoms with E-state index in [1.165, 1.54) is 0 Å². The Hall–Kier alpha value is -3.11. The number of methoxy groups -OCH3 is 1. The number of nitrogens with one attached hydrogen (secondary N) is 2. The Balaban J connectivity index is 2.31. The maximum Gasteiger partial charge on any atom is 0.303 e. The number of benzene rings is 2. The number of rotatable bonds is 10. The van der Waals surface area contributed by atoms with Gasteiger partial charge in [-0.1, -0.05) is 43.9 Å². The largest absolute Gasteiger partial charge is 0.481 e. The molecule has 1 atom stereocenters. The van der Waals surface area contributed by atoms with E-state index in [1.807, 2.05) is 19.6 Å². The molecule has 2 aromatic carbocycles. The smallest absolute Gasteiger partial charge is 0.303 e. The number of carbonyl (C=O) groups is 3. The van der Waals surface area contributed by atoms with E-state index >= 15 is 0 Å². The molecule has 0 bridgehead atoms. The van der Waals surface area contributed by atoms with Crippen LogP contribution in [0.15, 0.2) is 36.4 Å². The molecule has 0 aromatic heterocycles. The maximum absolute atomic E-state index is 14.6. The quantitative estimate of drug-likeness (QED) is 0.455. The Morgan fingerprint density at radius 3 is 2.09 bits per heavy atom. The van der Waals surface area contributed by atoms with E-state index in [0.29, 0.717) is 12.2 Å². The molecule has 178 valence electrons. The number of amides is 2. The summed E-state index contributed by atoms with van der Waals surface area (Å²) in [6, 6.07) is 7.57. The molecular formula is C23H28F2N2O5Si. The lowest BCUT2D eigenvalue weighted by Crippen LogP contribution is -2.42. The second-order valence-electron chi connectivity index (χ2n) is 8.62. The topological polar surface area (TPSA) is 105 Å². The Kier molecular flexibility index (Phi) is 8.83. The van der Waals surface area contributed by atoms with Crippen LogP contribution in [0.5, 0.6) is 0 Å². The number of hydrogen-bond donors (Lipinski definition) is 3.